The normalized spacial score (nSPS) is 27.0. The Kier molecular flexibility index (Phi) is 6.43. The van der Waals surface area contributed by atoms with Gasteiger partial charge < -0.3 is 10.2 Å². The Labute approximate surface area is 214 Å². The van der Waals surface area contributed by atoms with Crippen LogP contribution in [-0.4, -0.2) is 51.0 Å². The van der Waals surface area contributed by atoms with Gasteiger partial charge in [-0.25, -0.2) is 0 Å². The summed E-state index contributed by atoms with van der Waals surface area (Å²) < 4.78 is 0. The van der Waals surface area contributed by atoms with E-state index in [1.165, 1.54) is 17.0 Å². The van der Waals surface area contributed by atoms with E-state index in [0.29, 0.717) is 48.0 Å². The average molecular weight is 504 g/mol. The predicted molar refractivity (Wildman–Crippen MR) is 132 cm³/mol. The molecule has 4 unspecified atom stereocenters. The number of carbonyl (C=O) groups excluding carboxylic acids is 4. The van der Waals surface area contributed by atoms with E-state index in [2.05, 4.69) is 0 Å². The van der Waals surface area contributed by atoms with Gasteiger partial charge in [0.25, 0.3) is 0 Å². The fourth-order valence-electron chi connectivity index (χ4n) is 6.45. The number of imide groups is 1. The number of rotatable bonds is 7. The number of nitrogens with zero attached hydrogens (tertiary/aromatic N) is 1. The van der Waals surface area contributed by atoms with Crippen molar-refractivity contribution in [3.63, 3.8) is 0 Å². The third kappa shape index (κ3) is 4.24. The molecule has 8 nitrogen and oxygen atoms in total. The first kappa shape index (κ1) is 24.9. The molecule has 1 aromatic rings. The Morgan fingerprint density at radius 1 is 1.05 bits per heavy atom. The molecule has 4 aliphatic rings. The molecule has 37 heavy (non-hydrogen) atoms. The minimum Gasteiger partial charge on any atom is -0.508 e. The number of fused-ring (bicyclic) bond motifs is 3. The second-order valence-electron chi connectivity index (χ2n) is 10.4. The van der Waals surface area contributed by atoms with E-state index in [-0.39, 0.29) is 48.5 Å². The van der Waals surface area contributed by atoms with Gasteiger partial charge in [-0.1, -0.05) is 30.2 Å². The highest BCUT2D eigenvalue weighted by atomic mass is 16.4. The summed E-state index contributed by atoms with van der Waals surface area (Å²) in [6, 6.07) is 6.62. The van der Waals surface area contributed by atoms with Crippen molar-refractivity contribution in [2.75, 3.05) is 6.54 Å². The first-order valence-electron chi connectivity index (χ1n) is 12.7. The van der Waals surface area contributed by atoms with Gasteiger partial charge in [-0.3, -0.25) is 28.9 Å². The lowest BCUT2D eigenvalue weighted by Gasteiger charge is -2.42. The van der Waals surface area contributed by atoms with Gasteiger partial charge in [-0.05, 0) is 62.3 Å². The van der Waals surface area contributed by atoms with Crippen LogP contribution in [0.1, 0.15) is 56.9 Å². The number of carboxylic acids is 1. The van der Waals surface area contributed by atoms with Crippen molar-refractivity contribution in [3.8, 4) is 5.75 Å². The lowest BCUT2D eigenvalue weighted by molar-refractivity contribution is -0.141. The number of ketones is 2. The highest BCUT2D eigenvalue weighted by Gasteiger charge is 2.56. The number of hydrogen-bond acceptors (Lipinski definition) is 6. The van der Waals surface area contributed by atoms with E-state index in [4.69, 9.17) is 5.11 Å². The molecule has 3 aliphatic carbocycles. The van der Waals surface area contributed by atoms with Crippen LogP contribution in [0.15, 0.2) is 58.7 Å². The first-order chi connectivity index (χ1) is 17.7. The number of aliphatic carboxylic acids is 1. The van der Waals surface area contributed by atoms with Crippen LogP contribution < -0.4 is 0 Å². The molecule has 1 saturated heterocycles. The fraction of sp³-hybridized carbons (Fsp3) is 0.414. The molecule has 1 aliphatic heterocycles. The number of likely N-dealkylation sites (tertiary alicyclic amines) is 1. The van der Waals surface area contributed by atoms with Gasteiger partial charge in [0.2, 0.25) is 11.8 Å². The summed E-state index contributed by atoms with van der Waals surface area (Å²) >= 11 is 0. The van der Waals surface area contributed by atoms with Crippen molar-refractivity contribution in [3.05, 3.63) is 64.3 Å². The molecule has 4 atom stereocenters. The zero-order chi connectivity index (χ0) is 26.4. The first-order valence-corrected chi connectivity index (χ1v) is 12.7. The lowest BCUT2D eigenvalue weighted by atomic mass is 9.59. The Bertz CT molecular complexity index is 1320. The highest BCUT2D eigenvalue weighted by molar-refractivity contribution is 6.23. The van der Waals surface area contributed by atoms with E-state index in [1.54, 1.807) is 25.1 Å². The average Bonchev–Trinajstić information content (AvgIpc) is 3.10. The van der Waals surface area contributed by atoms with Gasteiger partial charge in [0.1, 0.15) is 5.75 Å². The van der Waals surface area contributed by atoms with Crippen LogP contribution in [-0.2, 0) is 24.0 Å². The van der Waals surface area contributed by atoms with Crippen LogP contribution >= 0.6 is 0 Å². The SMILES string of the molecule is CC1=CC(=O)C2=C(C1=O)C(c1cccc(O)c1)C1=CCC3C(=O)N(CCCCCC(=O)O)C(=O)C3C1C2. The molecule has 0 saturated carbocycles. The number of unbranched alkanes of at least 4 members (excludes halogenated alkanes) is 2. The molecule has 8 heteroatoms. The fourth-order valence-corrected chi connectivity index (χ4v) is 6.45. The maximum atomic E-state index is 13.6. The number of hydrogen-bond donors (Lipinski definition) is 2. The maximum Gasteiger partial charge on any atom is 0.303 e. The van der Waals surface area contributed by atoms with Gasteiger partial charge in [0.05, 0.1) is 11.8 Å². The zero-order valence-corrected chi connectivity index (χ0v) is 20.6. The molecule has 1 aromatic carbocycles. The number of benzene rings is 1. The molecule has 1 fully saturated rings. The number of carbonyl (C=O) groups is 5. The van der Waals surface area contributed by atoms with Crippen LogP contribution in [0, 0.1) is 17.8 Å². The molecule has 1 heterocycles. The Hall–Kier alpha value is -3.81. The van der Waals surface area contributed by atoms with Gasteiger partial charge in [-0.15, -0.1) is 0 Å². The molecule has 0 radical (unpaired) electrons. The monoisotopic (exact) mass is 503 g/mol. The van der Waals surface area contributed by atoms with E-state index in [1.807, 2.05) is 6.08 Å². The zero-order valence-electron chi connectivity index (χ0n) is 20.6. The largest absolute Gasteiger partial charge is 0.508 e. The van der Waals surface area contributed by atoms with Gasteiger partial charge in [-0.2, -0.15) is 0 Å². The predicted octanol–water partition coefficient (Wildman–Crippen LogP) is 3.47. The summed E-state index contributed by atoms with van der Waals surface area (Å²) in [4.78, 5) is 65.3. The van der Waals surface area contributed by atoms with E-state index in [9.17, 15) is 29.1 Å². The lowest BCUT2D eigenvalue weighted by Crippen LogP contribution is -2.39. The standard InChI is InChI=1S/C29H29NO7/c1-15-12-22(32)21-14-20-18(24(26(21)27(15)35)16-6-5-7-17(31)13-16)9-10-19-25(20)29(37)30(28(19)36)11-4-2-3-8-23(33)34/h5-7,9,12-13,19-20,24-25,31H,2-4,8,10-11,14H2,1H3,(H,33,34). The minimum atomic E-state index is -0.869. The van der Waals surface area contributed by atoms with Crippen molar-refractivity contribution < 1.29 is 34.2 Å². The molecule has 5 rings (SSSR count). The highest BCUT2D eigenvalue weighted by Crippen LogP contribution is 2.55. The third-order valence-electron chi connectivity index (χ3n) is 8.13. The summed E-state index contributed by atoms with van der Waals surface area (Å²) in [6.07, 6.45) is 5.56. The van der Waals surface area contributed by atoms with Gasteiger partial charge in [0, 0.05) is 35.6 Å². The van der Waals surface area contributed by atoms with Crippen LogP contribution in [0.2, 0.25) is 0 Å². The van der Waals surface area contributed by atoms with E-state index in [0.717, 1.165) is 5.57 Å². The number of allylic oxidation sites excluding steroid dienone is 6. The van der Waals surface area contributed by atoms with Crippen molar-refractivity contribution in [1.82, 2.24) is 4.90 Å². The Morgan fingerprint density at radius 2 is 1.84 bits per heavy atom. The smallest absolute Gasteiger partial charge is 0.303 e. The van der Waals surface area contributed by atoms with Crippen molar-refractivity contribution >= 4 is 29.4 Å². The summed E-state index contributed by atoms with van der Waals surface area (Å²) in [7, 11) is 0. The molecule has 2 N–H and O–H groups in total. The molecular formula is C29H29NO7. The minimum absolute atomic E-state index is 0.0408. The molecule has 2 amide bonds. The van der Waals surface area contributed by atoms with Crippen molar-refractivity contribution in [2.24, 2.45) is 17.8 Å². The van der Waals surface area contributed by atoms with Crippen LogP contribution in [0.3, 0.4) is 0 Å². The number of phenolic OH excluding ortho intramolecular Hbond substituents is 1. The van der Waals surface area contributed by atoms with Crippen LogP contribution in [0.5, 0.6) is 5.75 Å². The summed E-state index contributed by atoms with van der Waals surface area (Å²) in [6.45, 7) is 1.87. The molecule has 0 aromatic heterocycles. The summed E-state index contributed by atoms with van der Waals surface area (Å²) in [5.41, 5.74) is 2.68. The number of carboxylic acid groups (broad SMARTS) is 1. The topological polar surface area (TPSA) is 129 Å². The summed E-state index contributed by atoms with van der Waals surface area (Å²) in [5, 5.41) is 19.0. The van der Waals surface area contributed by atoms with Crippen molar-refractivity contribution in [2.45, 2.75) is 51.4 Å². The second kappa shape index (κ2) is 9.57. The van der Waals surface area contributed by atoms with Crippen LogP contribution in [0.4, 0.5) is 0 Å². The number of aromatic hydroxyl groups is 1. The number of Topliss-reactive ketones (excluding diaryl/α,β-unsaturated/α-hetero) is 1. The molecule has 0 bridgehead atoms. The molecule has 0 spiro atoms. The number of phenols is 1. The third-order valence-corrected chi connectivity index (χ3v) is 8.13. The molecule has 192 valence electrons. The quantitative estimate of drug-likeness (QED) is 0.252. The molecular weight excluding hydrogens is 474 g/mol. The van der Waals surface area contributed by atoms with E-state index < -0.39 is 29.6 Å². The van der Waals surface area contributed by atoms with E-state index >= 15 is 0 Å². The second-order valence-corrected chi connectivity index (χ2v) is 10.4. The van der Waals surface area contributed by atoms with Gasteiger partial charge >= 0.3 is 5.97 Å². The summed E-state index contributed by atoms with van der Waals surface area (Å²) in [5.74, 6) is -3.87. The van der Waals surface area contributed by atoms with Gasteiger partial charge in [0.15, 0.2) is 11.6 Å². The number of amides is 2. The Morgan fingerprint density at radius 3 is 2.57 bits per heavy atom. The maximum absolute atomic E-state index is 13.6. The Balaban J connectivity index is 1.48. The van der Waals surface area contributed by atoms with Crippen molar-refractivity contribution in [1.29, 1.82) is 0 Å². The van der Waals surface area contributed by atoms with Crippen LogP contribution in [0.25, 0.3) is 0 Å².